The Labute approximate surface area is 126 Å². The molecule has 1 N–H and O–H groups in total. The van der Waals surface area contributed by atoms with Gasteiger partial charge in [0.2, 0.25) is 0 Å². The minimum atomic E-state index is -0.273. The second kappa shape index (κ2) is 6.22. The van der Waals surface area contributed by atoms with E-state index >= 15 is 0 Å². The minimum absolute atomic E-state index is 0.227. The van der Waals surface area contributed by atoms with Crippen molar-refractivity contribution in [2.75, 3.05) is 31.6 Å². The summed E-state index contributed by atoms with van der Waals surface area (Å²) in [6, 6.07) is 5.32. The van der Waals surface area contributed by atoms with E-state index in [0.29, 0.717) is 5.75 Å². The van der Waals surface area contributed by atoms with E-state index in [9.17, 15) is 4.39 Å². The number of nitrogens with one attached hydrogen (secondary N) is 1. The van der Waals surface area contributed by atoms with E-state index in [1.165, 1.54) is 39.2 Å². The fourth-order valence-electron chi connectivity index (χ4n) is 3.76. The van der Waals surface area contributed by atoms with E-state index in [1.807, 2.05) is 6.07 Å². The Bertz CT molecular complexity index is 486. The highest BCUT2D eigenvalue weighted by molar-refractivity contribution is 5.50. The maximum absolute atomic E-state index is 14.0. The molecule has 4 heteroatoms. The number of hydrogen-bond acceptors (Lipinski definition) is 3. The molecule has 3 rings (SSSR count). The van der Waals surface area contributed by atoms with Gasteiger partial charge >= 0.3 is 0 Å². The Hall–Kier alpha value is -1.29. The lowest BCUT2D eigenvalue weighted by atomic mass is 9.81. The molecule has 1 heterocycles. The molecule has 1 aliphatic carbocycles. The van der Waals surface area contributed by atoms with Gasteiger partial charge in [0.25, 0.3) is 0 Å². The van der Waals surface area contributed by atoms with E-state index in [2.05, 4.69) is 10.2 Å². The SMILES string of the molecule is COc1ccc(N2CCCNC3(CCCCC3)C2)cc1F. The lowest BCUT2D eigenvalue weighted by Gasteiger charge is -2.40. The summed E-state index contributed by atoms with van der Waals surface area (Å²) in [5.41, 5.74) is 1.20. The van der Waals surface area contributed by atoms with Crippen LogP contribution in [0, 0.1) is 5.82 Å². The van der Waals surface area contributed by atoms with Crippen molar-refractivity contribution in [3.05, 3.63) is 24.0 Å². The van der Waals surface area contributed by atoms with Crippen LogP contribution in [0.1, 0.15) is 38.5 Å². The largest absolute Gasteiger partial charge is 0.494 e. The number of anilines is 1. The third-order valence-corrected chi connectivity index (χ3v) is 4.91. The van der Waals surface area contributed by atoms with Crippen LogP contribution in [0.25, 0.3) is 0 Å². The van der Waals surface area contributed by atoms with Gasteiger partial charge in [-0.25, -0.2) is 4.39 Å². The summed E-state index contributed by atoms with van der Waals surface area (Å²) >= 11 is 0. The normalized spacial score (nSPS) is 22.1. The maximum Gasteiger partial charge on any atom is 0.167 e. The Morgan fingerprint density at radius 2 is 2.00 bits per heavy atom. The minimum Gasteiger partial charge on any atom is -0.494 e. The van der Waals surface area contributed by atoms with Crippen molar-refractivity contribution in [2.45, 2.75) is 44.1 Å². The Morgan fingerprint density at radius 1 is 1.19 bits per heavy atom. The molecule has 0 aromatic heterocycles. The highest BCUT2D eigenvalue weighted by Crippen LogP contribution is 2.33. The first-order valence-electron chi connectivity index (χ1n) is 8.06. The fourth-order valence-corrected chi connectivity index (χ4v) is 3.76. The molecule has 1 aliphatic heterocycles. The molecule has 0 unspecified atom stereocenters. The average Bonchev–Trinajstić information content (AvgIpc) is 2.71. The highest BCUT2D eigenvalue weighted by atomic mass is 19.1. The standard InChI is InChI=1S/C17H25FN2O/c1-21-16-7-6-14(12-15(16)18)20-11-5-10-19-17(13-20)8-3-2-4-9-17/h6-7,12,19H,2-5,8-11,13H2,1H3. The molecule has 3 nitrogen and oxygen atoms in total. The molecule has 1 aromatic carbocycles. The van der Waals surface area contributed by atoms with Gasteiger partial charge in [-0.3, -0.25) is 0 Å². The van der Waals surface area contributed by atoms with Crippen molar-refractivity contribution in [1.82, 2.24) is 5.32 Å². The summed E-state index contributed by atoms with van der Waals surface area (Å²) in [6.45, 7) is 3.04. The van der Waals surface area contributed by atoms with Crippen molar-refractivity contribution in [1.29, 1.82) is 0 Å². The zero-order valence-corrected chi connectivity index (χ0v) is 12.8. The van der Waals surface area contributed by atoms with Gasteiger partial charge in [-0.1, -0.05) is 19.3 Å². The molecule has 0 amide bonds. The van der Waals surface area contributed by atoms with E-state index in [-0.39, 0.29) is 11.4 Å². The first-order valence-corrected chi connectivity index (χ1v) is 8.06. The van der Waals surface area contributed by atoms with Crippen molar-refractivity contribution < 1.29 is 9.13 Å². The number of methoxy groups -OCH3 is 1. The summed E-state index contributed by atoms with van der Waals surface area (Å²) in [7, 11) is 1.50. The quantitative estimate of drug-likeness (QED) is 0.905. The van der Waals surface area contributed by atoms with Gasteiger partial charge in [-0.05, 0) is 37.9 Å². The van der Waals surface area contributed by atoms with Crippen LogP contribution in [0.5, 0.6) is 5.75 Å². The van der Waals surface area contributed by atoms with Gasteiger partial charge in [-0.15, -0.1) is 0 Å². The number of ether oxygens (including phenoxy) is 1. The van der Waals surface area contributed by atoms with E-state index in [0.717, 1.165) is 31.7 Å². The summed E-state index contributed by atoms with van der Waals surface area (Å²) in [5, 5.41) is 3.77. The summed E-state index contributed by atoms with van der Waals surface area (Å²) < 4.78 is 19.0. The van der Waals surface area contributed by atoms with Gasteiger partial charge in [0.1, 0.15) is 0 Å². The van der Waals surface area contributed by atoms with E-state index in [1.54, 1.807) is 12.1 Å². The van der Waals surface area contributed by atoms with Gasteiger partial charge in [0.15, 0.2) is 11.6 Å². The van der Waals surface area contributed by atoms with Crippen LogP contribution < -0.4 is 15.0 Å². The third kappa shape index (κ3) is 3.15. The predicted molar refractivity (Wildman–Crippen MR) is 83.6 cm³/mol. The first kappa shape index (κ1) is 14.6. The summed E-state index contributed by atoms with van der Waals surface area (Å²) in [5.74, 6) is 0.0453. The Kier molecular flexibility index (Phi) is 4.34. The van der Waals surface area contributed by atoms with Crippen LogP contribution in [-0.4, -0.2) is 32.3 Å². The van der Waals surface area contributed by atoms with Gasteiger partial charge in [0.05, 0.1) is 7.11 Å². The molecule has 2 fully saturated rings. The van der Waals surface area contributed by atoms with Crippen molar-refractivity contribution in [3.63, 3.8) is 0 Å². The van der Waals surface area contributed by atoms with Gasteiger partial charge in [0, 0.05) is 30.4 Å². The van der Waals surface area contributed by atoms with Gasteiger partial charge in [-0.2, -0.15) is 0 Å². The number of rotatable bonds is 2. The molecule has 0 radical (unpaired) electrons. The molecule has 0 bridgehead atoms. The van der Waals surface area contributed by atoms with Crippen LogP contribution in [0.15, 0.2) is 18.2 Å². The van der Waals surface area contributed by atoms with Crippen LogP contribution in [-0.2, 0) is 0 Å². The smallest absolute Gasteiger partial charge is 0.167 e. The van der Waals surface area contributed by atoms with Crippen LogP contribution in [0.4, 0.5) is 10.1 Å². The second-order valence-corrected chi connectivity index (χ2v) is 6.36. The Balaban J connectivity index is 1.81. The lowest BCUT2D eigenvalue weighted by Crippen LogP contribution is -2.52. The first-order chi connectivity index (χ1) is 10.2. The zero-order chi connectivity index (χ0) is 14.7. The number of nitrogens with zero attached hydrogens (tertiary/aromatic N) is 1. The van der Waals surface area contributed by atoms with Crippen LogP contribution in [0.3, 0.4) is 0 Å². The summed E-state index contributed by atoms with van der Waals surface area (Å²) in [6.07, 6.45) is 7.54. The van der Waals surface area contributed by atoms with E-state index in [4.69, 9.17) is 4.74 Å². The zero-order valence-electron chi connectivity index (χ0n) is 12.8. The molecule has 21 heavy (non-hydrogen) atoms. The third-order valence-electron chi connectivity index (χ3n) is 4.91. The molecule has 1 saturated carbocycles. The van der Waals surface area contributed by atoms with Gasteiger partial charge < -0.3 is 15.0 Å². The second-order valence-electron chi connectivity index (χ2n) is 6.36. The Morgan fingerprint density at radius 3 is 2.71 bits per heavy atom. The fraction of sp³-hybridized carbons (Fsp3) is 0.647. The van der Waals surface area contributed by atoms with E-state index < -0.39 is 0 Å². The average molecular weight is 292 g/mol. The molecule has 1 aromatic rings. The number of benzene rings is 1. The number of halogens is 1. The molecule has 0 atom stereocenters. The molecule has 1 spiro atoms. The topological polar surface area (TPSA) is 24.5 Å². The molecule has 2 aliphatic rings. The van der Waals surface area contributed by atoms with Crippen molar-refractivity contribution in [2.24, 2.45) is 0 Å². The lowest BCUT2D eigenvalue weighted by molar-refractivity contribution is 0.246. The number of hydrogen-bond donors (Lipinski definition) is 1. The predicted octanol–water partition coefficient (Wildman–Crippen LogP) is 3.34. The molecular weight excluding hydrogens is 267 g/mol. The van der Waals surface area contributed by atoms with Crippen LogP contribution in [0.2, 0.25) is 0 Å². The molecular formula is C17H25FN2O. The van der Waals surface area contributed by atoms with Crippen molar-refractivity contribution in [3.8, 4) is 5.75 Å². The van der Waals surface area contributed by atoms with Crippen molar-refractivity contribution >= 4 is 5.69 Å². The summed E-state index contributed by atoms with van der Waals surface area (Å²) in [4.78, 5) is 2.34. The maximum atomic E-state index is 14.0. The molecule has 116 valence electrons. The monoisotopic (exact) mass is 292 g/mol. The molecule has 1 saturated heterocycles. The van der Waals surface area contributed by atoms with Crippen LogP contribution >= 0.6 is 0 Å². The highest BCUT2D eigenvalue weighted by Gasteiger charge is 2.35.